The number of urea groups is 1. The van der Waals surface area contributed by atoms with Gasteiger partial charge in [0.1, 0.15) is 0 Å². The van der Waals surface area contributed by atoms with Gasteiger partial charge in [-0.05, 0) is 49.9 Å². The molecule has 1 aliphatic carbocycles. The van der Waals surface area contributed by atoms with Crippen molar-refractivity contribution in [1.82, 2.24) is 10.6 Å². The van der Waals surface area contributed by atoms with Gasteiger partial charge in [-0.1, -0.05) is 32.4 Å². The van der Waals surface area contributed by atoms with Crippen LogP contribution in [-0.4, -0.2) is 18.6 Å². The first-order valence-electron chi connectivity index (χ1n) is 8.04. The fraction of sp³-hybridized carbons (Fsp3) is 0.588. The first-order valence-corrected chi connectivity index (χ1v) is 8.04. The highest BCUT2D eigenvalue weighted by molar-refractivity contribution is 5.89. The molecule has 1 saturated carbocycles. The van der Waals surface area contributed by atoms with Gasteiger partial charge >= 0.3 is 6.03 Å². The fourth-order valence-corrected chi connectivity index (χ4v) is 2.76. The van der Waals surface area contributed by atoms with E-state index in [0.717, 1.165) is 18.7 Å². The molecular weight excluding hydrogens is 262 g/mol. The van der Waals surface area contributed by atoms with E-state index in [1.165, 1.54) is 18.4 Å². The quantitative estimate of drug-likeness (QED) is 0.717. The summed E-state index contributed by atoms with van der Waals surface area (Å²) in [5.74, 6) is 0.681. The molecular formula is C17H27N3O. The molecule has 3 atom stereocenters. The van der Waals surface area contributed by atoms with E-state index in [2.05, 4.69) is 42.8 Å². The zero-order valence-corrected chi connectivity index (χ0v) is 13.3. The molecule has 2 amide bonds. The van der Waals surface area contributed by atoms with E-state index < -0.39 is 0 Å². The number of carbonyl (C=O) groups excluding carboxylic acids is 1. The molecule has 116 valence electrons. The first-order chi connectivity index (χ1) is 10.1. The first kappa shape index (κ1) is 15.8. The van der Waals surface area contributed by atoms with E-state index in [-0.39, 0.29) is 12.1 Å². The van der Waals surface area contributed by atoms with Crippen molar-refractivity contribution >= 4 is 11.7 Å². The summed E-state index contributed by atoms with van der Waals surface area (Å²) >= 11 is 0. The van der Waals surface area contributed by atoms with Crippen LogP contribution in [0.25, 0.3) is 0 Å². The minimum Gasteiger partial charge on any atom is -0.335 e. The molecule has 2 rings (SSSR count). The predicted molar refractivity (Wildman–Crippen MR) is 87.5 cm³/mol. The van der Waals surface area contributed by atoms with Crippen LogP contribution in [0, 0.1) is 5.92 Å². The van der Waals surface area contributed by atoms with Gasteiger partial charge in [0.25, 0.3) is 0 Å². The Kier molecular flexibility index (Phi) is 5.62. The largest absolute Gasteiger partial charge is 0.335 e. The molecule has 1 aromatic rings. The molecule has 1 aromatic carbocycles. The van der Waals surface area contributed by atoms with Crippen molar-refractivity contribution in [1.29, 1.82) is 0 Å². The zero-order valence-electron chi connectivity index (χ0n) is 13.3. The van der Waals surface area contributed by atoms with Gasteiger partial charge in [-0.15, -0.1) is 0 Å². The van der Waals surface area contributed by atoms with Crippen molar-refractivity contribution < 1.29 is 4.79 Å². The lowest BCUT2D eigenvalue weighted by atomic mass is 10.1. The summed E-state index contributed by atoms with van der Waals surface area (Å²) < 4.78 is 0. The van der Waals surface area contributed by atoms with E-state index in [1.54, 1.807) is 0 Å². The Labute approximate surface area is 127 Å². The Morgan fingerprint density at radius 1 is 1.38 bits per heavy atom. The van der Waals surface area contributed by atoms with Crippen LogP contribution in [0.1, 0.15) is 51.6 Å². The van der Waals surface area contributed by atoms with Crippen LogP contribution in [-0.2, 0) is 0 Å². The molecule has 0 spiro atoms. The third kappa shape index (κ3) is 4.74. The standard InChI is InChI=1S/C17H27N3O/c1-4-7-14-11-16(14)20-17(21)19-15-9-6-8-13(10-15)12(3)18-5-2/h6,8-10,12,14,16,18H,4-5,7,11H2,1-3H3,(H2,19,20,21). The number of hydrogen-bond donors (Lipinski definition) is 3. The zero-order chi connectivity index (χ0) is 15.2. The predicted octanol–water partition coefficient (Wildman–Crippen LogP) is 3.67. The number of amides is 2. The Balaban J connectivity index is 1.85. The summed E-state index contributed by atoms with van der Waals surface area (Å²) in [6.07, 6.45) is 3.52. The van der Waals surface area contributed by atoms with Crippen LogP contribution in [0.4, 0.5) is 10.5 Å². The molecule has 1 aliphatic rings. The second-order valence-electron chi connectivity index (χ2n) is 5.89. The molecule has 3 N–H and O–H groups in total. The Morgan fingerprint density at radius 2 is 2.19 bits per heavy atom. The summed E-state index contributed by atoms with van der Waals surface area (Å²) in [5.41, 5.74) is 2.03. The van der Waals surface area contributed by atoms with E-state index >= 15 is 0 Å². The number of carbonyl (C=O) groups is 1. The monoisotopic (exact) mass is 289 g/mol. The second kappa shape index (κ2) is 7.46. The van der Waals surface area contributed by atoms with Crippen molar-refractivity contribution in [2.45, 2.75) is 52.1 Å². The molecule has 0 bridgehead atoms. The smallest absolute Gasteiger partial charge is 0.319 e. The van der Waals surface area contributed by atoms with Crippen LogP contribution < -0.4 is 16.0 Å². The van der Waals surface area contributed by atoms with Crippen molar-refractivity contribution in [2.24, 2.45) is 5.92 Å². The van der Waals surface area contributed by atoms with Gasteiger partial charge in [-0.3, -0.25) is 0 Å². The third-order valence-electron chi connectivity index (χ3n) is 4.05. The van der Waals surface area contributed by atoms with Gasteiger partial charge in [0.05, 0.1) is 0 Å². The normalized spacial score (nSPS) is 21.7. The van der Waals surface area contributed by atoms with Crippen LogP contribution in [0.5, 0.6) is 0 Å². The maximum absolute atomic E-state index is 12.0. The van der Waals surface area contributed by atoms with E-state index in [1.807, 2.05) is 18.2 Å². The van der Waals surface area contributed by atoms with Crippen LogP contribution in [0.2, 0.25) is 0 Å². The van der Waals surface area contributed by atoms with Crippen molar-refractivity contribution in [3.8, 4) is 0 Å². The summed E-state index contributed by atoms with van der Waals surface area (Å²) in [6, 6.07) is 8.59. The maximum Gasteiger partial charge on any atom is 0.319 e. The molecule has 21 heavy (non-hydrogen) atoms. The molecule has 1 fully saturated rings. The molecule has 0 aromatic heterocycles. The van der Waals surface area contributed by atoms with Gasteiger partial charge in [0.2, 0.25) is 0 Å². The average molecular weight is 289 g/mol. The lowest BCUT2D eigenvalue weighted by Gasteiger charge is -2.14. The fourth-order valence-electron chi connectivity index (χ4n) is 2.76. The Bertz CT molecular complexity index is 475. The van der Waals surface area contributed by atoms with Gasteiger partial charge in [0, 0.05) is 17.8 Å². The highest BCUT2D eigenvalue weighted by Gasteiger charge is 2.37. The minimum atomic E-state index is -0.0909. The topological polar surface area (TPSA) is 53.2 Å². The van der Waals surface area contributed by atoms with Crippen LogP contribution in [0.3, 0.4) is 0 Å². The number of nitrogens with one attached hydrogen (secondary N) is 3. The van der Waals surface area contributed by atoms with E-state index in [4.69, 9.17) is 0 Å². The molecule has 0 heterocycles. The maximum atomic E-state index is 12.0. The van der Waals surface area contributed by atoms with E-state index in [9.17, 15) is 4.79 Å². The number of anilines is 1. The van der Waals surface area contributed by atoms with Gasteiger partial charge < -0.3 is 16.0 Å². The van der Waals surface area contributed by atoms with Crippen molar-refractivity contribution in [2.75, 3.05) is 11.9 Å². The molecule has 0 aliphatic heterocycles. The number of benzene rings is 1. The van der Waals surface area contributed by atoms with Gasteiger partial charge in [-0.25, -0.2) is 4.79 Å². The SMILES string of the molecule is CCCC1CC1NC(=O)Nc1cccc(C(C)NCC)c1. The van der Waals surface area contributed by atoms with Gasteiger partial charge in [0.15, 0.2) is 0 Å². The van der Waals surface area contributed by atoms with Crippen molar-refractivity contribution in [3.05, 3.63) is 29.8 Å². The average Bonchev–Trinajstić information content (AvgIpc) is 3.17. The highest BCUT2D eigenvalue weighted by atomic mass is 16.2. The summed E-state index contributed by atoms with van der Waals surface area (Å²) in [4.78, 5) is 12.0. The molecule has 0 radical (unpaired) electrons. The lowest BCUT2D eigenvalue weighted by Crippen LogP contribution is -2.31. The summed E-state index contributed by atoms with van der Waals surface area (Å²) in [6.45, 7) is 7.34. The Hall–Kier alpha value is -1.55. The highest BCUT2D eigenvalue weighted by Crippen LogP contribution is 2.34. The molecule has 4 nitrogen and oxygen atoms in total. The summed E-state index contributed by atoms with van der Waals surface area (Å²) in [7, 11) is 0. The minimum absolute atomic E-state index is 0.0909. The van der Waals surface area contributed by atoms with E-state index in [0.29, 0.717) is 12.0 Å². The molecule has 3 unspecified atom stereocenters. The lowest BCUT2D eigenvalue weighted by molar-refractivity contribution is 0.251. The second-order valence-corrected chi connectivity index (χ2v) is 5.89. The molecule has 0 saturated heterocycles. The number of hydrogen-bond acceptors (Lipinski definition) is 2. The number of rotatable bonds is 7. The summed E-state index contributed by atoms with van der Waals surface area (Å²) in [5, 5.41) is 9.36. The Morgan fingerprint density at radius 3 is 2.90 bits per heavy atom. The van der Waals surface area contributed by atoms with Crippen LogP contribution >= 0.6 is 0 Å². The van der Waals surface area contributed by atoms with Gasteiger partial charge in [-0.2, -0.15) is 0 Å². The van der Waals surface area contributed by atoms with Crippen LogP contribution in [0.15, 0.2) is 24.3 Å². The molecule has 4 heteroatoms. The third-order valence-corrected chi connectivity index (χ3v) is 4.05. The van der Waals surface area contributed by atoms with Crippen molar-refractivity contribution in [3.63, 3.8) is 0 Å².